The summed E-state index contributed by atoms with van der Waals surface area (Å²) >= 11 is 2.23. The molecular weight excluding hydrogens is 245 g/mol. The van der Waals surface area contributed by atoms with E-state index in [4.69, 9.17) is 9.84 Å². The molecule has 1 N–H and O–H groups in total. The predicted octanol–water partition coefficient (Wildman–Crippen LogP) is 0.418. The molecule has 3 nitrogen and oxygen atoms in total. The number of alkyl halides is 1. The fourth-order valence-electron chi connectivity index (χ4n) is 0.966. The summed E-state index contributed by atoms with van der Waals surface area (Å²) in [6.07, 6.45) is -0.332. The SMILES string of the molecule is CC(O)N1CCOC(I)C1. The second kappa shape index (κ2) is 3.85. The molecule has 1 rings (SSSR count). The van der Waals surface area contributed by atoms with Gasteiger partial charge in [0, 0.05) is 13.1 Å². The first kappa shape index (κ1) is 8.70. The minimum atomic E-state index is -0.332. The summed E-state index contributed by atoms with van der Waals surface area (Å²) in [5.74, 6) is 0. The number of morpholine rings is 1. The summed E-state index contributed by atoms with van der Waals surface area (Å²) in [4.78, 5) is 2.00. The molecule has 1 heterocycles. The summed E-state index contributed by atoms with van der Waals surface area (Å²) in [6, 6.07) is 0. The maximum Gasteiger partial charge on any atom is 0.121 e. The summed E-state index contributed by atoms with van der Waals surface area (Å²) in [6.45, 7) is 4.20. The molecule has 10 heavy (non-hydrogen) atoms. The zero-order valence-corrected chi connectivity index (χ0v) is 8.11. The van der Waals surface area contributed by atoms with Gasteiger partial charge in [-0.1, -0.05) is 0 Å². The van der Waals surface area contributed by atoms with E-state index in [1.807, 2.05) is 4.90 Å². The van der Waals surface area contributed by atoms with E-state index in [9.17, 15) is 0 Å². The van der Waals surface area contributed by atoms with Gasteiger partial charge >= 0.3 is 0 Å². The lowest BCUT2D eigenvalue weighted by Crippen LogP contribution is -2.44. The molecule has 60 valence electrons. The van der Waals surface area contributed by atoms with E-state index in [0.717, 1.165) is 19.7 Å². The van der Waals surface area contributed by atoms with Crippen LogP contribution in [0.2, 0.25) is 0 Å². The van der Waals surface area contributed by atoms with Gasteiger partial charge in [0.05, 0.1) is 6.61 Å². The van der Waals surface area contributed by atoms with Gasteiger partial charge in [-0.2, -0.15) is 0 Å². The summed E-state index contributed by atoms with van der Waals surface area (Å²) < 4.78 is 5.53. The van der Waals surface area contributed by atoms with Crippen molar-refractivity contribution in [3.8, 4) is 0 Å². The first-order valence-corrected chi connectivity index (χ1v) is 4.62. The zero-order chi connectivity index (χ0) is 7.56. The first-order valence-electron chi connectivity index (χ1n) is 3.38. The third kappa shape index (κ3) is 2.34. The van der Waals surface area contributed by atoms with Gasteiger partial charge in [-0.15, -0.1) is 0 Å². The van der Waals surface area contributed by atoms with Gasteiger partial charge in [0.15, 0.2) is 0 Å². The number of aliphatic hydroxyl groups excluding tert-OH is 1. The van der Waals surface area contributed by atoms with Crippen molar-refractivity contribution >= 4 is 22.6 Å². The van der Waals surface area contributed by atoms with Crippen LogP contribution in [-0.2, 0) is 4.74 Å². The van der Waals surface area contributed by atoms with Crippen LogP contribution in [0.5, 0.6) is 0 Å². The Labute approximate surface area is 74.5 Å². The molecule has 1 saturated heterocycles. The van der Waals surface area contributed by atoms with Gasteiger partial charge in [-0.05, 0) is 29.5 Å². The van der Waals surface area contributed by atoms with E-state index < -0.39 is 0 Å². The highest BCUT2D eigenvalue weighted by Crippen LogP contribution is 2.12. The molecule has 0 aromatic heterocycles. The van der Waals surface area contributed by atoms with Crippen molar-refractivity contribution in [3.05, 3.63) is 0 Å². The summed E-state index contributed by atoms with van der Waals surface area (Å²) in [7, 11) is 0. The Kier molecular flexibility index (Phi) is 3.35. The van der Waals surface area contributed by atoms with Crippen LogP contribution in [0.3, 0.4) is 0 Å². The van der Waals surface area contributed by atoms with Crippen molar-refractivity contribution < 1.29 is 9.84 Å². The second-order valence-electron chi connectivity index (χ2n) is 2.41. The number of nitrogens with zero attached hydrogens (tertiary/aromatic N) is 1. The molecule has 2 unspecified atom stereocenters. The molecule has 4 heteroatoms. The van der Waals surface area contributed by atoms with E-state index in [1.54, 1.807) is 6.92 Å². The molecule has 0 radical (unpaired) electrons. The summed E-state index contributed by atoms with van der Waals surface area (Å²) in [5.41, 5.74) is 0. The molecule has 1 fully saturated rings. The standard InChI is InChI=1S/C6H12INO2/c1-5(9)8-2-3-10-6(7)4-8/h5-6,9H,2-4H2,1H3. The van der Waals surface area contributed by atoms with Crippen LogP contribution in [-0.4, -0.2) is 40.0 Å². The van der Waals surface area contributed by atoms with Crippen molar-refractivity contribution in [2.75, 3.05) is 19.7 Å². The van der Waals surface area contributed by atoms with Gasteiger partial charge in [-0.3, -0.25) is 4.90 Å². The number of aliphatic hydroxyl groups is 1. The van der Waals surface area contributed by atoms with Crippen LogP contribution in [0, 0.1) is 0 Å². The normalized spacial score (nSPS) is 32.1. The molecule has 0 aromatic rings. The number of ether oxygens (including phenoxy) is 1. The Morgan fingerprint density at radius 1 is 1.80 bits per heavy atom. The molecule has 0 spiro atoms. The van der Waals surface area contributed by atoms with Crippen LogP contribution >= 0.6 is 22.6 Å². The lowest BCUT2D eigenvalue weighted by Gasteiger charge is -2.31. The van der Waals surface area contributed by atoms with E-state index in [2.05, 4.69) is 22.6 Å². The van der Waals surface area contributed by atoms with Gasteiger partial charge in [0.25, 0.3) is 0 Å². The van der Waals surface area contributed by atoms with Crippen molar-refractivity contribution in [2.45, 2.75) is 17.3 Å². The highest BCUT2D eigenvalue weighted by atomic mass is 127. The zero-order valence-electron chi connectivity index (χ0n) is 5.96. The largest absolute Gasteiger partial charge is 0.379 e. The molecule has 1 aliphatic heterocycles. The van der Waals surface area contributed by atoms with E-state index in [-0.39, 0.29) is 10.3 Å². The van der Waals surface area contributed by atoms with Crippen LogP contribution < -0.4 is 0 Å². The smallest absolute Gasteiger partial charge is 0.121 e. The number of hydrogen-bond donors (Lipinski definition) is 1. The molecule has 0 bridgehead atoms. The van der Waals surface area contributed by atoms with Crippen molar-refractivity contribution in [2.24, 2.45) is 0 Å². The Morgan fingerprint density at radius 2 is 2.50 bits per heavy atom. The molecule has 0 aliphatic carbocycles. The van der Waals surface area contributed by atoms with Crippen LogP contribution in [0.15, 0.2) is 0 Å². The van der Waals surface area contributed by atoms with Gasteiger partial charge < -0.3 is 9.84 Å². The second-order valence-corrected chi connectivity index (χ2v) is 3.80. The average Bonchev–Trinajstić information content (AvgIpc) is 1.88. The molecule has 0 saturated carbocycles. The fourth-order valence-corrected chi connectivity index (χ4v) is 1.73. The lowest BCUT2D eigenvalue weighted by molar-refractivity contribution is -0.0549. The number of hydrogen-bond acceptors (Lipinski definition) is 3. The highest BCUT2D eigenvalue weighted by Gasteiger charge is 2.20. The van der Waals surface area contributed by atoms with Crippen molar-refractivity contribution in [3.63, 3.8) is 0 Å². The molecule has 0 amide bonds. The van der Waals surface area contributed by atoms with E-state index in [0.29, 0.717) is 0 Å². The fraction of sp³-hybridized carbons (Fsp3) is 1.00. The minimum Gasteiger partial charge on any atom is -0.379 e. The Hall–Kier alpha value is 0.610. The Balaban J connectivity index is 2.32. The quantitative estimate of drug-likeness (QED) is 0.545. The average molecular weight is 257 g/mol. The molecule has 0 aromatic carbocycles. The van der Waals surface area contributed by atoms with Gasteiger partial charge in [0.2, 0.25) is 0 Å². The van der Waals surface area contributed by atoms with E-state index in [1.165, 1.54) is 0 Å². The highest BCUT2D eigenvalue weighted by molar-refractivity contribution is 14.1. The van der Waals surface area contributed by atoms with Crippen molar-refractivity contribution in [1.82, 2.24) is 4.90 Å². The third-order valence-electron chi connectivity index (χ3n) is 1.58. The maximum atomic E-state index is 9.16. The van der Waals surface area contributed by atoms with Gasteiger partial charge in [-0.25, -0.2) is 0 Å². The minimum absolute atomic E-state index is 0.237. The van der Waals surface area contributed by atoms with Crippen molar-refractivity contribution in [1.29, 1.82) is 0 Å². The predicted molar refractivity (Wildman–Crippen MR) is 47.0 cm³/mol. The lowest BCUT2D eigenvalue weighted by atomic mass is 10.4. The van der Waals surface area contributed by atoms with E-state index >= 15 is 0 Å². The Bertz CT molecular complexity index is 110. The van der Waals surface area contributed by atoms with Crippen LogP contribution in [0.1, 0.15) is 6.92 Å². The van der Waals surface area contributed by atoms with Crippen LogP contribution in [0.4, 0.5) is 0 Å². The van der Waals surface area contributed by atoms with Gasteiger partial charge in [0.1, 0.15) is 10.3 Å². The topological polar surface area (TPSA) is 32.7 Å². The number of rotatable bonds is 1. The monoisotopic (exact) mass is 257 g/mol. The maximum absolute atomic E-state index is 9.16. The molecule has 1 aliphatic rings. The number of halogens is 1. The summed E-state index contributed by atoms with van der Waals surface area (Å²) in [5, 5.41) is 9.16. The molecular formula is C6H12INO2. The van der Waals surface area contributed by atoms with Crippen LogP contribution in [0.25, 0.3) is 0 Å². The molecule has 2 atom stereocenters. The third-order valence-corrected chi connectivity index (χ3v) is 2.34. The Morgan fingerprint density at radius 3 is 2.90 bits per heavy atom. The first-order chi connectivity index (χ1) is 4.70.